The van der Waals surface area contributed by atoms with Crippen molar-refractivity contribution in [2.45, 2.75) is 43.9 Å². The lowest BCUT2D eigenvalue weighted by Crippen LogP contribution is -2.17. The minimum absolute atomic E-state index is 0.234. The summed E-state index contributed by atoms with van der Waals surface area (Å²) < 4.78 is 47.2. The monoisotopic (exact) mass is 291 g/mol. The van der Waals surface area contributed by atoms with Gasteiger partial charge in [-0.3, -0.25) is 0 Å². The molecule has 0 spiro atoms. The average Bonchev–Trinajstić information content (AvgIpc) is 2.28. The molecule has 0 amide bonds. The van der Waals surface area contributed by atoms with Crippen LogP contribution in [-0.4, -0.2) is 20.2 Å². The molecule has 0 aliphatic heterocycles. The van der Waals surface area contributed by atoms with Crippen LogP contribution in [0.1, 0.15) is 27.2 Å². The smallest absolute Gasteiger partial charge is 0.341 e. The van der Waals surface area contributed by atoms with Crippen LogP contribution in [0, 0.1) is 5.92 Å². The molecule has 19 heavy (non-hydrogen) atoms. The van der Waals surface area contributed by atoms with Crippen LogP contribution in [0.5, 0.6) is 0 Å². The number of benzene rings is 1. The first-order valence-electron chi connectivity index (χ1n) is 6.12. The van der Waals surface area contributed by atoms with Crippen LogP contribution in [0.3, 0.4) is 0 Å². The van der Waals surface area contributed by atoms with Gasteiger partial charge in [-0.25, -0.2) is 8.42 Å². The third kappa shape index (κ3) is 4.45. The molecule has 1 N–H and O–H groups in total. The Labute approximate surface area is 112 Å². The Bertz CT molecular complexity index is 498. The van der Waals surface area contributed by atoms with Gasteiger partial charge in [-0.15, -0.1) is 0 Å². The van der Waals surface area contributed by atoms with Crippen molar-refractivity contribution in [1.82, 2.24) is 0 Å². The van der Waals surface area contributed by atoms with Crippen LogP contribution < -0.4 is 5.32 Å². The van der Waals surface area contributed by atoms with Crippen molar-refractivity contribution in [3.63, 3.8) is 0 Å². The zero-order valence-corrected chi connectivity index (χ0v) is 12.0. The van der Waals surface area contributed by atoms with Gasteiger partial charge in [0.25, 0.3) is 0 Å². The van der Waals surface area contributed by atoms with Crippen molar-refractivity contribution in [2.75, 3.05) is 5.32 Å². The molecule has 0 aliphatic rings. The fourth-order valence-electron chi connectivity index (χ4n) is 1.89. The van der Waals surface area contributed by atoms with E-state index in [4.69, 9.17) is 0 Å². The van der Waals surface area contributed by atoms with E-state index in [0.29, 0.717) is 5.92 Å². The van der Waals surface area contributed by atoms with Crippen LogP contribution in [-0.2, 0) is 9.84 Å². The van der Waals surface area contributed by atoms with Crippen LogP contribution >= 0.6 is 0 Å². The standard InChI is InChI=1S/C13H19F2NO2S/c1-9(2)8-10(3)16-11-4-6-12(7-5-11)19(17,18)13(14)15/h4-7,9-10,13,16H,8H2,1-3H3. The molecule has 0 bridgehead atoms. The maximum Gasteiger partial charge on any atom is 0.341 e. The zero-order chi connectivity index (χ0) is 14.6. The predicted octanol–water partition coefficient (Wildman–Crippen LogP) is 3.53. The van der Waals surface area contributed by atoms with Gasteiger partial charge >= 0.3 is 5.76 Å². The number of anilines is 1. The number of hydrogen-bond donors (Lipinski definition) is 1. The summed E-state index contributed by atoms with van der Waals surface area (Å²) in [5.74, 6) is -2.84. The van der Waals surface area contributed by atoms with Gasteiger partial charge in [0.15, 0.2) is 0 Å². The van der Waals surface area contributed by atoms with E-state index < -0.39 is 15.6 Å². The van der Waals surface area contributed by atoms with Gasteiger partial charge in [0.05, 0.1) is 4.90 Å². The molecule has 1 aromatic carbocycles. The maximum absolute atomic E-state index is 12.3. The van der Waals surface area contributed by atoms with Crippen molar-refractivity contribution in [3.8, 4) is 0 Å². The summed E-state index contributed by atoms with van der Waals surface area (Å²) in [6.07, 6.45) is 0.969. The van der Waals surface area contributed by atoms with Gasteiger partial charge in [0.1, 0.15) is 0 Å². The van der Waals surface area contributed by atoms with Crippen molar-refractivity contribution >= 4 is 15.5 Å². The lowest BCUT2D eigenvalue weighted by Gasteiger charge is -2.17. The second-order valence-electron chi connectivity index (χ2n) is 5.00. The number of rotatable bonds is 6. The number of sulfone groups is 1. The molecule has 0 saturated heterocycles. The first kappa shape index (κ1) is 15.9. The third-order valence-corrected chi connectivity index (χ3v) is 4.05. The molecule has 1 unspecified atom stereocenters. The highest BCUT2D eigenvalue weighted by atomic mass is 32.2. The summed E-state index contributed by atoms with van der Waals surface area (Å²) in [5, 5.41) is 3.20. The van der Waals surface area contributed by atoms with Crippen LogP contribution in [0.4, 0.5) is 14.5 Å². The summed E-state index contributed by atoms with van der Waals surface area (Å²) in [6.45, 7) is 6.23. The molecule has 0 aliphatic carbocycles. The Morgan fingerprint density at radius 1 is 1.11 bits per heavy atom. The Morgan fingerprint density at radius 3 is 2.05 bits per heavy atom. The van der Waals surface area contributed by atoms with Crippen molar-refractivity contribution in [1.29, 1.82) is 0 Å². The molecular weight excluding hydrogens is 272 g/mol. The summed E-state index contributed by atoms with van der Waals surface area (Å²) in [6, 6.07) is 5.65. The number of hydrogen-bond acceptors (Lipinski definition) is 3. The largest absolute Gasteiger partial charge is 0.383 e. The lowest BCUT2D eigenvalue weighted by molar-refractivity contribution is 0.234. The predicted molar refractivity (Wildman–Crippen MR) is 72.2 cm³/mol. The van der Waals surface area contributed by atoms with E-state index >= 15 is 0 Å². The summed E-state index contributed by atoms with van der Waals surface area (Å²) in [4.78, 5) is -0.357. The molecule has 0 radical (unpaired) electrons. The van der Waals surface area contributed by atoms with E-state index in [9.17, 15) is 17.2 Å². The average molecular weight is 291 g/mol. The third-order valence-electron chi connectivity index (χ3n) is 2.66. The summed E-state index contributed by atoms with van der Waals surface area (Å²) in [7, 11) is -4.50. The molecular formula is C13H19F2NO2S. The molecule has 6 heteroatoms. The highest BCUT2D eigenvalue weighted by Crippen LogP contribution is 2.21. The van der Waals surface area contributed by atoms with Gasteiger partial charge in [-0.1, -0.05) is 13.8 Å². The maximum atomic E-state index is 12.3. The summed E-state index contributed by atoms with van der Waals surface area (Å²) in [5.41, 5.74) is 0.723. The quantitative estimate of drug-likeness (QED) is 0.872. The van der Waals surface area contributed by atoms with E-state index in [1.54, 1.807) is 0 Å². The fraction of sp³-hybridized carbons (Fsp3) is 0.538. The second kappa shape index (κ2) is 6.32. The topological polar surface area (TPSA) is 46.2 Å². The van der Waals surface area contributed by atoms with Gasteiger partial charge in [-0.2, -0.15) is 8.78 Å². The molecule has 0 saturated carbocycles. The minimum atomic E-state index is -4.50. The molecule has 1 atom stereocenters. The van der Waals surface area contributed by atoms with Gasteiger partial charge < -0.3 is 5.32 Å². The van der Waals surface area contributed by atoms with Gasteiger partial charge in [-0.05, 0) is 43.5 Å². The van der Waals surface area contributed by atoms with Crippen LogP contribution in [0.15, 0.2) is 29.2 Å². The minimum Gasteiger partial charge on any atom is -0.383 e. The molecule has 3 nitrogen and oxygen atoms in total. The first-order chi connectivity index (χ1) is 8.73. The summed E-state index contributed by atoms with van der Waals surface area (Å²) >= 11 is 0. The van der Waals surface area contributed by atoms with Crippen LogP contribution in [0.2, 0.25) is 0 Å². The fourth-order valence-corrected chi connectivity index (χ4v) is 2.62. The Hall–Kier alpha value is -1.17. The molecule has 108 valence electrons. The Kier molecular flexibility index (Phi) is 5.29. The molecule has 0 heterocycles. The van der Waals surface area contributed by atoms with E-state index in [1.165, 1.54) is 24.3 Å². The molecule has 1 aromatic rings. The van der Waals surface area contributed by atoms with Crippen molar-refractivity contribution < 1.29 is 17.2 Å². The number of alkyl halides is 2. The highest BCUT2D eigenvalue weighted by molar-refractivity contribution is 7.91. The van der Waals surface area contributed by atoms with E-state index in [0.717, 1.165) is 12.1 Å². The first-order valence-corrected chi connectivity index (χ1v) is 7.66. The van der Waals surface area contributed by atoms with Gasteiger partial charge in [0.2, 0.25) is 9.84 Å². The van der Waals surface area contributed by atoms with Gasteiger partial charge in [0, 0.05) is 11.7 Å². The van der Waals surface area contributed by atoms with Crippen molar-refractivity contribution in [2.24, 2.45) is 5.92 Å². The molecule has 1 rings (SSSR count). The zero-order valence-electron chi connectivity index (χ0n) is 11.2. The number of halogens is 2. The van der Waals surface area contributed by atoms with Crippen molar-refractivity contribution in [3.05, 3.63) is 24.3 Å². The Balaban J connectivity index is 2.78. The van der Waals surface area contributed by atoms with E-state index in [-0.39, 0.29) is 10.9 Å². The SMILES string of the molecule is CC(C)CC(C)Nc1ccc(S(=O)(=O)C(F)F)cc1. The number of nitrogens with one attached hydrogen (secondary N) is 1. The molecule has 0 fully saturated rings. The van der Waals surface area contributed by atoms with E-state index in [2.05, 4.69) is 19.2 Å². The molecule has 0 aromatic heterocycles. The normalized spacial score (nSPS) is 13.8. The van der Waals surface area contributed by atoms with Crippen LogP contribution in [0.25, 0.3) is 0 Å². The Morgan fingerprint density at radius 2 is 1.63 bits per heavy atom. The highest BCUT2D eigenvalue weighted by Gasteiger charge is 2.26. The lowest BCUT2D eigenvalue weighted by atomic mass is 10.1. The van der Waals surface area contributed by atoms with E-state index in [1.807, 2.05) is 6.92 Å². The second-order valence-corrected chi connectivity index (χ2v) is 6.92.